The molecule has 4 nitrogen and oxygen atoms in total. The third kappa shape index (κ3) is 4.70. The summed E-state index contributed by atoms with van der Waals surface area (Å²) in [4.78, 5) is 23.1. The van der Waals surface area contributed by atoms with Gasteiger partial charge in [0.25, 0.3) is 0 Å². The molecule has 1 aromatic carbocycles. The lowest BCUT2D eigenvalue weighted by atomic mass is 10.2. The molecule has 86 valence electrons. The molecule has 0 saturated heterocycles. The van der Waals surface area contributed by atoms with Crippen LogP contribution in [0.2, 0.25) is 0 Å². The first-order chi connectivity index (χ1) is 7.72. The number of rotatable bonds is 6. The molecule has 0 radical (unpaired) electrons. The predicted octanol–water partition coefficient (Wildman–Crippen LogP) is 0.860. The molecule has 0 spiro atoms. The van der Waals surface area contributed by atoms with Gasteiger partial charge in [0.05, 0.1) is 13.1 Å². The van der Waals surface area contributed by atoms with Crippen LogP contribution >= 0.6 is 0 Å². The molecule has 0 fully saturated rings. The molecule has 0 saturated carbocycles. The molecule has 1 aromatic rings. The van der Waals surface area contributed by atoms with E-state index in [1.165, 1.54) is 0 Å². The third-order valence-electron chi connectivity index (χ3n) is 2.03. The zero-order valence-electron chi connectivity index (χ0n) is 9.26. The Morgan fingerprint density at radius 2 is 2.06 bits per heavy atom. The van der Waals surface area contributed by atoms with Crippen molar-refractivity contribution in [3.63, 3.8) is 0 Å². The number of esters is 1. The molecule has 4 heteroatoms. The molecule has 0 aliphatic heterocycles. The van der Waals surface area contributed by atoms with Crippen LogP contribution in [0.1, 0.15) is 5.56 Å². The summed E-state index contributed by atoms with van der Waals surface area (Å²) < 4.78 is 5.05. The van der Waals surface area contributed by atoms with E-state index in [-0.39, 0.29) is 25.7 Å². The Kier molecular flexibility index (Phi) is 5.22. The summed E-state index contributed by atoms with van der Waals surface area (Å²) in [6.45, 7) is 0.639. The van der Waals surface area contributed by atoms with E-state index in [2.05, 4.69) is 0 Å². The highest BCUT2D eigenvalue weighted by molar-refractivity contribution is 5.72. The quantitative estimate of drug-likeness (QED) is 0.528. The van der Waals surface area contributed by atoms with Crippen molar-refractivity contribution in [3.8, 4) is 0 Å². The molecule has 0 aliphatic rings. The highest BCUT2D eigenvalue weighted by atomic mass is 16.5. The maximum Gasteiger partial charge on any atom is 0.320 e. The normalized spacial score (nSPS) is 10.1. The Hall–Kier alpha value is -1.68. The fraction of sp³-hybridized carbons (Fsp3) is 0.333. The first kappa shape index (κ1) is 12.4. The van der Waals surface area contributed by atoms with Crippen LogP contribution in [0.5, 0.6) is 0 Å². The SMILES string of the molecule is CN(CC=O)CC(=O)OCc1ccccc1. The van der Waals surface area contributed by atoms with Crippen molar-refractivity contribution in [2.45, 2.75) is 6.61 Å². The molecule has 0 N–H and O–H groups in total. The van der Waals surface area contributed by atoms with Crippen LogP contribution in [0.25, 0.3) is 0 Å². The van der Waals surface area contributed by atoms with Crippen LogP contribution < -0.4 is 0 Å². The minimum Gasteiger partial charge on any atom is -0.460 e. The van der Waals surface area contributed by atoms with Gasteiger partial charge in [-0.2, -0.15) is 0 Å². The second kappa shape index (κ2) is 6.74. The van der Waals surface area contributed by atoms with Gasteiger partial charge in [0, 0.05) is 0 Å². The largest absolute Gasteiger partial charge is 0.460 e. The van der Waals surface area contributed by atoms with Gasteiger partial charge in [0.1, 0.15) is 12.9 Å². The van der Waals surface area contributed by atoms with E-state index in [1.807, 2.05) is 30.3 Å². The van der Waals surface area contributed by atoms with Crippen LogP contribution in [-0.2, 0) is 20.9 Å². The Morgan fingerprint density at radius 1 is 1.38 bits per heavy atom. The lowest BCUT2D eigenvalue weighted by Gasteiger charge is -2.12. The van der Waals surface area contributed by atoms with E-state index in [0.29, 0.717) is 0 Å². The van der Waals surface area contributed by atoms with Crippen molar-refractivity contribution in [1.82, 2.24) is 4.90 Å². The van der Waals surface area contributed by atoms with Gasteiger partial charge in [-0.25, -0.2) is 0 Å². The second-order valence-corrected chi connectivity index (χ2v) is 3.51. The summed E-state index contributed by atoms with van der Waals surface area (Å²) >= 11 is 0. The lowest BCUT2D eigenvalue weighted by Crippen LogP contribution is -2.28. The number of carbonyl (C=O) groups is 2. The van der Waals surface area contributed by atoms with Crippen molar-refractivity contribution in [1.29, 1.82) is 0 Å². The summed E-state index contributed by atoms with van der Waals surface area (Å²) in [5.74, 6) is -0.326. The van der Waals surface area contributed by atoms with Crippen molar-refractivity contribution >= 4 is 12.3 Å². The van der Waals surface area contributed by atoms with Crippen molar-refractivity contribution in [2.75, 3.05) is 20.1 Å². The standard InChI is InChI=1S/C12H15NO3/c1-13(7-8-14)9-12(15)16-10-11-5-3-2-4-6-11/h2-6,8H,7,9-10H2,1H3. The Morgan fingerprint density at radius 3 is 2.69 bits per heavy atom. The number of benzene rings is 1. The van der Waals surface area contributed by atoms with Crippen molar-refractivity contribution in [2.24, 2.45) is 0 Å². The topological polar surface area (TPSA) is 46.6 Å². The van der Waals surface area contributed by atoms with Crippen LogP contribution in [0.15, 0.2) is 30.3 Å². The molecular formula is C12H15NO3. The summed E-state index contributed by atoms with van der Waals surface area (Å²) in [5, 5.41) is 0. The molecular weight excluding hydrogens is 206 g/mol. The van der Waals surface area contributed by atoms with Gasteiger partial charge in [-0.15, -0.1) is 0 Å². The van der Waals surface area contributed by atoms with E-state index in [0.717, 1.165) is 11.8 Å². The van der Waals surface area contributed by atoms with Gasteiger partial charge in [0.15, 0.2) is 0 Å². The predicted molar refractivity (Wildman–Crippen MR) is 59.8 cm³/mol. The van der Waals surface area contributed by atoms with Gasteiger partial charge in [-0.3, -0.25) is 9.69 Å². The highest BCUT2D eigenvalue weighted by Gasteiger charge is 2.06. The number of aldehydes is 1. The van der Waals surface area contributed by atoms with E-state index in [9.17, 15) is 9.59 Å². The maximum atomic E-state index is 11.3. The Bertz CT molecular complexity index is 337. The van der Waals surface area contributed by atoms with Crippen molar-refractivity contribution in [3.05, 3.63) is 35.9 Å². The Labute approximate surface area is 94.8 Å². The fourth-order valence-corrected chi connectivity index (χ4v) is 1.20. The van der Waals surface area contributed by atoms with E-state index < -0.39 is 0 Å². The van der Waals surface area contributed by atoms with Crippen LogP contribution in [-0.4, -0.2) is 37.3 Å². The Balaban J connectivity index is 2.28. The van der Waals surface area contributed by atoms with E-state index in [4.69, 9.17) is 4.74 Å². The number of nitrogens with zero attached hydrogens (tertiary/aromatic N) is 1. The number of hydrogen-bond donors (Lipinski definition) is 0. The van der Waals surface area contributed by atoms with Gasteiger partial charge in [0.2, 0.25) is 0 Å². The minimum atomic E-state index is -0.326. The number of ether oxygens (including phenoxy) is 1. The fourth-order valence-electron chi connectivity index (χ4n) is 1.20. The molecule has 16 heavy (non-hydrogen) atoms. The third-order valence-corrected chi connectivity index (χ3v) is 2.03. The minimum absolute atomic E-state index is 0.131. The molecule has 0 unspecified atom stereocenters. The summed E-state index contributed by atoms with van der Waals surface area (Å²) in [5.41, 5.74) is 0.953. The van der Waals surface area contributed by atoms with E-state index >= 15 is 0 Å². The van der Waals surface area contributed by atoms with Crippen molar-refractivity contribution < 1.29 is 14.3 Å². The second-order valence-electron chi connectivity index (χ2n) is 3.51. The number of hydrogen-bond acceptors (Lipinski definition) is 4. The number of carbonyl (C=O) groups excluding carboxylic acids is 2. The van der Waals surface area contributed by atoms with Gasteiger partial charge in [-0.1, -0.05) is 30.3 Å². The van der Waals surface area contributed by atoms with Crippen LogP contribution in [0.3, 0.4) is 0 Å². The average molecular weight is 221 g/mol. The molecule has 0 heterocycles. The molecule has 0 amide bonds. The van der Waals surface area contributed by atoms with Gasteiger partial charge in [-0.05, 0) is 12.6 Å². The molecule has 0 atom stereocenters. The van der Waals surface area contributed by atoms with Gasteiger partial charge < -0.3 is 9.53 Å². The average Bonchev–Trinajstić information content (AvgIpc) is 2.28. The van der Waals surface area contributed by atoms with Crippen LogP contribution in [0, 0.1) is 0 Å². The maximum absolute atomic E-state index is 11.3. The summed E-state index contributed by atoms with van der Waals surface area (Å²) in [6.07, 6.45) is 0.754. The zero-order valence-corrected chi connectivity index (χ0v) is 9.26. The lowest BCUT2D eigenvalue weighted by molar-refractivity contribution is -0.145. The highest BCUT2D eigenvalue weighted by Crippen LogP contribution is 2.00. The first-order valence-electron chi connectivity index (χ1n) is 5.04. The zero-order chi connectivity index (χ0) is 11.8. The van der Waals surface area contributed by atoms with E-state index in [1.54, 1.807) is 11.9 Å². The molecule has 1 rings (SSSR count). The molecule has 0 bridgehead atoms. The van der Waals surface area contributed by atoms with Gasteiger partial charge >= 0.3 is 5.97 Å². The summed E-state index contributed by atoms with van der Waals surface area (Å²) in [6, 6.07) is 9.47. The number of likely N-dealkylation sites (N-methyl/N-ethyl adjacent to an activating group) is 1. The first-order valence-corrected chi connectivity index (χ1v) is 5.04. The monoisotopic (exact) mass is 221 g/mol. The molecule has 0 aliphatic carbocycles. The molecule has 0 aromatic heterocycles. The smallest absolute Gasteiger partial charge is 0.320 e. The summed E-state index contributed by atoms with van der Waals surface area (Å²) in [7, 11) is 1.69. The van der Waals surface area contributed by atoms with Crippen LogP contribution in [0.4, 0.5) is 0 Å².